The van der Waals surface area contributed by atoms with Crippen molar-refractivity contribution in [3.8, 4) is 0 Å². The molecule has 0 spiro atoms. The third-order valence-electron chi connectivity index (χ3n) is 3.06. The second kappa shape index (κ2) is 5.91. The molecule has 1 aromatic heterocycles. The third kappa shape index (κ3) is 3.86. The summed E-state index contributed by atoms with van der Waals surface area (Å²) < 4.78 is 0. The van der Waals surface area contributed by atoms with Crippen molar-refractivity contribution in [1.29, 1.82) is 0 Å². The second-order valence-corrected chi connectivity index (χ2v) is 7.02. The van der Waals surface area contributed by atoms with Crippen LogP contribution in [0.4, 0.5) is 5.13 Å². The number of amides is 1. The first-order valence-corrected chi connectivity index (χ1v) is 7.60. The van der Waals surface area contributed by atoms with Crippen molar-refractivity contribution in [2.45, 2.75) is 39.2 Å². The van der Waals surface area contributed by atoms with E-state index >= 15 is 0 Å². The molecule has 6 heteroatoms. The lowest BCUT2D eigenvalue weighted by atomic mass is 9.87. The van der Waals surface area contributed by atoms with E-state index in [0.29, 0.717) is 15.7 Å². The quantitative estimate of drug-likeness (QED) is 0.913. The van der Waals surface area contributed by atoms with E-state index in [0.717, 1.165) is 0 Å². The van der Waals surface area contributed by atoms with Gasteiger partial charge in [-0.05, 0) is 30.0 Å². The first-order valence-electron chi connectivity index (χ1n) is 6.78. The molecule has 0 bridgehead atoms. The van der Waals surface area contributed by atoms with Crippen LogP contribution in [0.5, 0.6) is 0 Å². The van der Waals surface area contributed by atoms with Crippen LogP contribution in [-0.4, -0.2) is 16.1 Å². The Bertz CT molecular complexity index is 626. The predicted molar refractivity (Wildman–Crippen MR) is 85.6 cm³/mol. The van der Waals surface area contributed by atoms with Crippen LogP contribution in [0.15, 0.2) is 24.3 Å². The van der Waals surface area contributed by atoms with Gasteiger partial charge in [0.15, 0.2) is 0 Å². The zero-order chi connectivity index (χ0) is 15.6. The van der Waals surface area contributed by atoms with E-state index in [4.69, 9.17) is 5.73 Å². The fraction of sp³-hybridized carbons (Fsp3) is 0.400. The molecule has 21 heavy (non-hydrogen) atoms. The van der Waals surface area contributed by atoms with Crippen LogP contribution in [-0.2, 0) is 5.41 Å². The SMILES string of the molecule is CC(N)c1nnc(NC(=O)c2ccc(C(C)(C)C)cc2)s1. The van der Waals surface area contributed by atoms with Crippen molar-refractivity contribution in [3.63, 3.8) is 0 Å². The van der Waals surface area contributed by atoms with Crippen LogP contribution in [0, 0.1) is 0 Å². The van der Waals surface area contributed by atoms with E-state index in [1.165, 1.54) is 16.9 Å². The van der Waals surface area contributed by atoms with Crippen LogP contribution in [0.3, 0.4) is 0 Å². The summed E-state index contributed by atoms with van der Waals surface area (Å²) in [6.07, 6.45) is 0. The third-order valence-corrected chi connectivity index (χ3v) is 4.10. The molecule has 0 saturated carbocycles. The summed E-state index contributed by atoms with van der Waals surface area (Å²) in [5, 5.41) is 11.8. The van der Waals surface area contributed by atoms with Crippen molar-refractivity contribution in [1.82, 2.24) is 10.2 Å². The highest BCUT2D eigenvalue weighted by atomic mass is 32.1. The summed E-state index contributed by atoms with van der Waals surface area (Å²) >= 11 is 1.29. The average molecular weight is 304 g/mol. The smallest absolute Gasteiger partial charge is 0.257 e. The van der Waals surface area contributed by atoms with E-state index in [1.54, 1.807) is 0 Å². The molecule has 0 saturated heterocycles. The van der Waals surface area contributed by atoms with Gasteiger partial charge >= 0.3 is 0 Å². The summed E-state index contributed by atoms with van der Waals surface area (Å²) in [6, 6.07) is 7.41. The number of benzene rings is 1. The Labute approximate surface area is 128 Å². The molecule has 2 aromatic rings. The van der Waals surface area contributed by atoms with Gasteiger partial charge in [-0.2, -0.15) is 0 Å². The minimum absolute atomic E-state index is 0.0698. The van der Waals surface area contributed by atoms with Gasteiger partial charge in [0.2, 0.25) is 5.13 Å². The fourth-order valence-electron chi connectivity index (χ4n) is 1.76. The first kappa shape index (κ1) is 15.6. The van der Waals surface area contributed by atoms with Crippen molar-refractivity contribution < 1.29 is 4.79 Å². The van der Waals surface area contributed by atoms with Crippen molar-refractivity contribution in [2.24, 2.45) is 5.73 Å². The molecule has 2 rings (SSSR count). The van der Waals surface area contributed by atoms with Gasteiger partial charge < -0.3 is 5.73 Å². The van der Waals surface area contributed by atoms with E-state index in [-0.39, 0.29) is 17.4 Å². The zero-order valence-corrected chi connectivity index (χ0v) is 13.5. The number of hydrogen-bond acceptors (Lipinski definition) is 5. The maximum Gasteiger partial charge on any atom is 0.257 e. The first-order chi connectivity index (χ1) is 9.77. The lowest BCUT2D eigenvalue weighted by Gasteiger charge is -2.18. The van der Waals surface area contributed by atoms with E-state index in [2.05, 4.69) is 36.3 Å². The number of aromatic nitrogens is 2. The Balaban J connectivity index is 2.09. The monoisotopic (exact) mass is 304 g/mol. The second-order valence-electron chi connectivity index (χ2n) is 6.02. The van der Waals surface area contributed by atoms with Crippen molar-refractivity contribution in [2.75, 3.05) is 5.32 Å². The van der Waals surface area contributed by atoms with Crippen LogP contribution >= 0.6 is 11.3 Å². The summed E-state index contributed by atoms with van der Waals surface area (Å²) in [7, 11) is 0. The topological polar surface area (TPSA) is 80.9 Å². The van der Waals surface area contributed by atoms with E-state index in [1.807, 2.05) is 31.2 Å². The Kier molecular flexibility index (Phi) is 4.39. The number of hydrogen-bond donors (Lipinski definition) is 2. The van der Waals surface area contributed by atoms with Gasteiger partial charge in [0.25, 0.3) is 5.91 Å². The normalized spacial score (nSPS) is 13.0. The van der Waals surface area contributed by atoms with E-state index in [9.17, 15) is 4.79 Å². The number of rotatable bonds is 3. The molecule has 0 aliphatic heterocycles. The van der Waals surface area contributed by atoms with Crippen molar-refractivity contribution in [3.05, 3.63) is 40.4 Å². The Hall–Kier alpha value is -1.79. The van der Waals surface area contributed by atoms with Crippen molar-refractivity contribution >= 4 is 22.4 Å². The number of nitrogens with zero attached hydrogens (tertiary/aromatic N) is 2. The van der Waals surface area contributed by atoms with Gasteiger partial charge in [0, 0.05) is 5.56 Å². The number of nitrogens with one attached hydrogen (secondary N) is 1. The van der Waals surface area contributed by atoms with Gasteiger partial charge in [-0.3, -0.25) is 10.1 Å². The predicted octanol–water partition coefficient (Wildman–Crippen LogP) is 3.11. The van der Waals surface area contributed by atoms with Gasteiger partial charge in [0.1, 0.15) is 5.01 Å². The molecule has 1 unspecified atom stereocenters. The number of anilines is 1. The standard InChI is InChI=1S/C15H20N4OS/c1-9(16)13-18-19-14(21-13)17-12(20)10-5-7-11(8-6-10)15(2,3)4/h5-9H,16H2,1-4H3,(H,17,19,20). The molecular formula is C15H20N4OS. The Morgan fingerprint density at radius 3 is 2.33 bits per heavy atom. The maximum absolute atomic E-state index is 12.2. The van der Waals surface area contributed by atoms with Crippen LogP contribution in [0.1, 0.15) is 54.7 Å². The minimum Gasteiger partial charge on any atom is -0.322 e. The molecule has 0 aliphatic rings. The summed E-state index contributed by atoms with van der Waals surface area (Å²) in [5.74, 6) is -0.192. The fourth-order valence-corrected chi connectivity index (χ4v) is 2.45. The highest BCUT2D eigenvalue weighted by Crippen LogP contribution is 2.23. The molecule has 0 fully saturated rings. The number of carbonyl (C=O) groups excluding carboxylic acids is 1. The highest BCUT2D eigenvalue weighted by molar-refractivity contribution is 7.15. The lowest BCUT2D eigenvalue weighted by molar-refractivity contribution is 0.102. The van der Waals surface area contributed by atoms with Gasteiger partial charge in [-0.1, -0.05) is 44.2 Å². The zero-order valence-electron chi connectivity index (χ0n) is 12.7. The molecule has 5 nitrogen and oxygen atoms in total. The Morgan fingerprint density at radius 1 is 1.24 bits per heavy atom. The largest absolute Gasteiger partial charge is 0.322 e. The molecule has 1 heterocycles. The maximum atomic E-state index is 12.2. The molecule has 0 radical (unpaired) electrons. The molecule has 1 amide bonds. The molecule has 0 aliphatic carbocycles. The average Bonchev–Trinajstić information content (AvgIpc) is 2.86. The highest BCUT2D eigenvalue weighted by Gasteiger charge is 2.15. The summed E-state index contributed by atoms with van der Waals surface area (Å²) in [6.45, 7) is 8.24. The number of nitrogens with two attached hydrogens (primary N) is 1. The Morgan fingerprint density at radius 2 is 1.86 bits per heavy atom. The molecular weight excluding hydrogens is 284 g/mol. The van der Waals surface area contributed by atoms with Gasteiger partial charge in [-0.25, -0.2) is 0 Å². The lowest BCUT2D eigenvalue weighted by Crippen LogP contribution is -2.14. The molecule has 3 N–H and O–H groups in total. The van der Waals surface area contributed by atoms with E-state index < -0.39 is 0 Å². The summed E-state index contributed by atoms with van der Waals surface area (Å²) in [4.78, 5) is 12.2. The molecule has 112 valence electrons. The van der Waals surface area contributed by atoms with Crippen LogP contribution in [0.25, 0.3) is 0 Å². The number of carbonyl (C=O) groups is 1. The molecule has 1 aromatic carbocycles. The summed E-state index contributed by atoms with van der Waals surface area (Å²) in [5.41, 5.74) is 7.58. The minimum atomic E-state index is -0.192. The molecule has 1 atom stereocenters. The van der Waals surface area contributed by atoms with Gasteiger partial charge in [-0.15, -0.1) is 10.2 Å². The van der Waals surface area contributed by atoms with Gasteiger partial charge in [0.05, 0.1) is 6.04 Å². The van der Waals surface area contributed by atoms with Crippen LogP contribution < -0.4 is 11.1 Å². The van der Waals surface area contributed by atoms with Crippen LogP contribution in [0.2, 0.25) is 0 Å².